The molecule has 6 nitrogen and oxygen atoms in total. The van der Waals surface area contributed by atoms with Gasteiger partial charge in [-0.1, -0.05) is 12.1 Å². The molecule has 1 aromatic heterocycles. The van der Waals surface area contributed by atoms with E-state index in [9.17, 15) is 4.79 Å². The van der Waals surface area contributed by atoms with Crippen LogP contribution in [0.15, 0.2) is 33.2 Å². The molecule has 1 aromatic carbocycles. The van der Waals surface area contributed by atoms with Crippen molar-refractivity contribution < 1.29 is 9.21 Å². The van der Waals surface area contributed by atoms with Crippen LogP contribution in [0.5, 0.6) is 0 Å². The molecule has 20 heavy (non-hydrogen) atoms. The van der Waals surface area contributed by atoms with Gasteiger partial charge in [0.25, 0.3) is 0 Å². The van der Waals surface area contributed by atoms with Gasteiger partial charge >= 0.3 is 0 Å². The number of carbonyl (C=O) groups is 1. The second-order valence-electron chi connectivity index (χ2n) is 4.57. The number of nitrogens with one attached hydrogen (secondary N) is 2. The van der Waals surface area contributed by atoms with Gasteiger partial charge in [0.05, 0.1) is 12.1 Å². The number of hydrogen-bond acceptors (Lipinski definition) is 5. The van der Waals surface area contributed by atoms with Gasteiger partial charge in [0.15, 0.2) is 0 Å². The molecule has 1 fully saturated rings. The summed E-state index contributed by atoms with van der Waals surface area (Å²) in [6.07, 6.45) is 0.491. The minimum atomic E-state index is 0.0712. The minimum absolute atomic E-state index is 0.0712. The predicted molar refractivity (Wildman–Crippen MR) is 75.7 cm³/mol. The van der Waals surface area contributed by atoms with E-state index in [1.807, 2.05) is 24.3 Å². The number of carbonyl (C=O) groups excluding carboxylic acids is 1. The van der Waals surface area contributed by atoms with E-state index in [0.29, 0.717) is 31.3 Å². The highest BCUT2D eigenvalue weighted by atomic mass is 79.9. The lowest BCUT2D eigenvalue weighted by atomic mass is 10.2. The number of halogens is 1. The first-order valence-corrected chi connectivity index (χ1v) is 7.09. The first-order chi connectivity index (χ1) is 9.72. The van der Waals surface area contributed by atoms with Crippen molar-refractivity contribution in [1.82, 2.24) is 20.8 Å². The Hall–Kier alpha value is -1.73. The number of hydrogen-bond donors (Lipinski definition) is 2. The molecule has 1 aliphatic heterocycles. The third kappa shape index (κ3) is 2.88. The lowest BCUT2D eigenvalue weighted by molar-refractivity contribution is -0.119. The minimum Gasteiger partial charge on any atom is -0.419 e. The highest BCUT2D eigenvalue weighted by Gasteiger charge is 2.21. The molecular weight excluding hydrogens is 324 g/mol. The van der Waals surface area contributed by atoms with Gasteiger partial charge in [0.2, 0.25) is 17.7 Å². The van der Waals surface area contributed by atoms with Crippen LogP contribution in [0.2, 0.25) is 0 Å². The Bertz CT molecular complexity index is 628. The van der Waals surface area contributed by atoms with Gasteiger partial charge in [-0.15, -0.1) is 10.2 Å². The lowest BCUT2D eigenvalue weighted by Crippen LogP contribution is -2.30. The second kappa shape index (κ2) is 5.72. The van der Waals surface area contributed by atoms with Crippen molar-refractivity contribution in [2.24, 2.45) is 0 Å². The van der Waals surface area contributed by atoms with E-state index in [1.54, 1.807) is 0 Å². The van der Waals surface area contributed by atoms with Crippen LogP contribution in [-0.2, 0) is 11.3 Å². The Morgan fingerprint density at radius 2 is 2.25 bits per heavy atom. The van der Waals surface area contributed by atoms with E-state index in [4.69, 9.17) is 4.42 Å². The summed E-state index contributed by atoms with van der Waals surface area (Å²) >= 11 is 3.45. The molecule has 0 radical (unpaired) electrons. The van der Waals surface area contributed by atoms with Gasteiger partial charge in [0.1, 0.15) is 0 Å². The third-order valence-electron chi connectivity index (χ3n) is 3.09. The van der Waals surface area contributed by atoms with Crippen LogP contribution in [0.25, 0.3) is 11.5 Å². The maximum atomic E-state index is 11.1. The molecule has 1 unspecified atom stereocenters. The second-order valence-corrected chi connectivity index (χ2v) is 5.42. The summed E-state index contributed by atoms with van der Waals surface area (Å²) in [5.41, 5.74) is 0.865. The van der Waals surface area contributed by atoms with Crippen LogP contribution >= 0.6 is 15.9 Å². The van der Waals surface area contributed by atoms with E-state index in [1.165, 1.54) is 0 Å². The summed E-state index contributed by atoms with van der Waals surface area (Å²) in [5, 5.41) is 14.0. The fraction of sp³-hybridized carbons (Fsp3) is 0.308. The van der Waals surface area contributed by atoms with Crippen molar-refractivity contribution in [3.05, 3.63) is 34.6 Å². The quantitative estimate of drug-likeness (QED) is 0.883. The van der Waals surface area contributed by atoms with Gasteiger partial charge in [-0.3, -0.25) is 4.79 Å². The smallest absolute Gasteiger partial charge is 0.248 e. The summed E-state index contributed by atoms with van der Waals surface area (Å²) in [7, 11) is 0. The van der Waals surface area contributed by atoms with Crippen LogP contribution in [0.3, 0.4) is 0 Å². The van der Waals surface area contributed by atoms with E-state index < -0.39 is 0 Å². The molecule has 104 valence electrons. The molecule has 3 rings (SSSR count). The van der Waals surface area contributed by atoms with Crippen molar-refractivity contribution in [3.63, 3.8) is 0 Å². The van der Waals surface area contributed by atoms with Gasteiger partial charge in [-0.2, -0.15) is 0 Å². The van der Waals surface area contributed by atoms with Crippen molar-refractivity contribution in [2.45, 2.75) is 19.0 Å². The van der Waals surface area contributed by atoms with Gasteiger partial charge in [0, 0.05) is 23.5 Å². The van der Waals surface area contributed by atoms with E-state index in [-0.39, 0.29) is 11.9 Å². The Labute approximate surface area is 124 Å². The standard InChI is InChI=1S/C13H13BrN4O2/c14-10-4-2-1-3-9(10)13-18-17-12(20-13)7-15-8-5-11(19)16-6-8/h1-4,8,15H,5-7H2,(H,16,19). The van der Waals surface area contributed by atoms with Crippen LogP contribution in [-0.4, -0.2) is 28.7 Å². The SMILES string of the molecule is O=C1CC(NCc2nnc(-c3ccccc3Br)o2)CN1. The van der Waals surface area contributed by atoms with E-state index >= 15 is 0 Å². The predicted octanol–water partition coefficient (Wildman–Crippen LogP) is 1.48. The summed E-state index contributed by atoms with van der Waals surface area (Å²) in [6.45, 7) is 1.10. The highest BCUT2D eigenvalue weighted by molar-refractivity contribution is 9.10. The Morgan fingerprint density at radius 3 is 3.00 bits per heavy atom. The fourth-order valence-electron chi connectivity index (χ4n) is 2.05. The molecule has 2 aromatic rings. The molecule has 7 heteroatoms. The maximum absolute atomic E-state index is 11.1. The number of nitrogens with zero attached hydrogens (tertiary/aromatic N) is 2. The van der Waals surface area contributed by atoms with Crippen LogP contribution in [0, 0.1) is 0 Å². The normalized spacial score (nSPS) is 18.2. The molecule has 0 bridgehead atoms. The molecule has 1 amide bonds. The Morgan fingerprint density at radius 1 is 1.40 bits per heavy atom. The van der Waals surface area contributed by atoms with Gasteiger partial charge < -0.3 is 15.1 Å². The summed E-state index contributed by atoms with van der Waals surface area (Å²) in [4.78, 5) is 11.1. The van der Waals surface area contributed by atoms with Crippen molar-refractivity contribution in [1.29, 1.82) is 0 Å². The van der Waals surface area contributed by atoms with Crippen molar-refractivity contribution >= 4 is 21.8 Å². The average Bonchev–Trinajstić information content (AvgIpc) is 3.06. The zero-order valence-corrected chi connectivity index (χ0v) is 12.2. The maximum Gasteiger partial charge on any atom is 0.248 e. The van der Waals surface area contributed by atoms with Crippen LogP contribution in [0.4, 0.5) is 0 Å². The summed E-state index contributed by atoms with van der Waals surface area (Å²) < 4.78 is 6.53. The molecule has 0 spiro atoms. The number of amides is 1. The highest BCUT2D eigenvalue weighted by Crippen LogP contribution is 2.26. The molecule has 0 saturated carbocycles. The van der Waals surface area contributed by atoms with Crippen molar-refractivity contribution in [3.8, 4) is 11.5 Å². The summed E-state index contributed by atoms with van der Waals surface area (Å²) in [5.74, 6) is 1.06. The van der Waals surface area contributed by atoms with Gasteiger partial charge in [-0.05, 0) is 28.1 Å². The van der Waals surface area contributed by atoms with Gasteiger partial charge in [-0.25, -0.2) is 0 Å². The van der Waals surface area contributed by atoms with Crippen LogP contribution in [0.1, 0.15) is 12.3 Å². The van der Waals surface area contributed by atoms with Crippen LogP contribution < -0.4 is 10.6 Å². The summed E-state index contributed by atoms with van der Waals surface area (Å²) in [6, 6.07) is 7.80. The fourth-order valence-corrected chi connectivity index (χ4v) is 2.50. The van der Waals surface area contributed by atoms with Crippen molar-refractivity contribution in [2.75, 3.05) is 6.54 Å². The molecule has 2 N–H and O–H groups in total. The lowest BCUT2D eigenvalue weighted by Gasteiger charge is -2.06. The molecule has 1 aliphatic rings. The molecule has 2 heterocycles. The Balaban J connectivity index is 1.65. The molecule has 1 saturated heterocycles. The zero-order valence-electron chi connectivity index (χ0n) is 10.6. The Kier molecular flexibility index (Phi) is 3.79. The zero-order chi connectivity index (χ0) is 13.9. The topological polar surface area (TPSA) is 80.1 Å². The largest absolute Gasteiger partial charge is 0.419 e. The molecule has 0 aliphatic carbocycles. The molecular formula is C13H13BrN4O2. The van der Waals surface area contributed by atoms with E-state index in [2.05, 4.69) is 36.8 Å². The van der Waals surface area contributed by atoms with E-state index in [0.717, 1.165) is 10.0 Å². The monoisotopic (exact) mass is 336 g/mol. The first kappa shape index (κ1) is 13.3. The number of aromatic nitrogens is 2. The number of rotatable bonds is 4. The number of benzene rings is 1. The first-order valence-electron chi connectivity index (χ1n) is 6.30. The third-order valence-corrected chi connectivity index (χ3v) is 3.78. The molecule has 1 atom stereocenters. The average molecular weight is 337 g/mol.